The van der Waals surface area contributed by atoms with Gasteiger partial charge in [-0.25, -0.2) is 0 Å². The number of anilines is 1. The van der Waals surface area contributed by atoms with Crippen molar-refractivity contribution in [1.29, 1.82) is 0 Å². The van der Waals surface area contributed by atoms with Gasteiger partial charge >= 0.3 is 0 Å². The number of nitro groups is 1. The third-order valence-corrected chi connectivity index (χ3v) is 2.59. The molecule has 0 fully saturated rings. The van der Waals surface area contributed by atoms with Crippen LogP contribution in [0.3, 0.4) is 0 Å². The Bertz CT molecular complexity index is 614. The summed E-state index contributed by atoms with van der Waals surface area (Å²) in [7, 11) is 0. The van der Waals surface area contributed by atoms with Gasteiger partial charge in [0, 0.05) is 12.1 Å². The lowest BCUT2D eigenvalue weighted by Gasteiger charge is -2.09. The minimum Gasteiger partial charge on any atom is -0.457 e. The molecule has 6 nitrogen and oxygen atoms in total. The average molecular weight is 259 g/mol. The Morgan fingerprint density at radius 3 is 2.63 bits per heavy atom. The number of hydrazine groups is 1. The SMILES string of the molecule is Cc1ccccc1Oc1cc(NN)cc([N+](=O)[O-])c1. The monoisotopic (exact) mass is 259 g/mol. The third kappa shape index (κ3) is 2.99. The largest absolute Gasteiger partial charge is 0.457 e. The van der Waals surface area contributed by atoms with Crippen molar-refractivity contribution in [3.63, 3.8) is 0 Å². The molecule has 0 heterocycles. The molecule has 0 spiro atoms. The molecule has 0 saturated heterocycles. The zero-order valence-corrected chi connectivity index (χ0v) is 10.3. The Balaban J connectivity index is 2.37. The minimum absolute atomic E-state index is 0.0842. The van der Waals surface area contributed by atoms with Gasteiger partial charge in [0.2, 0.25) is 0 Å². The van der Waals surface area contributed by atoms with E-state index in [-0.39, 0.29) is 5.69 Å². The molecule has 19 heavy (non-hydrogen) atoms. The second-order valence-electron chi connectivity index (χ2n) is 3.98. The van der Waals surface area contributed by atoms with E-state index in [2.05, 4.69) is 5.43 Å². The van der Waals surface area contributed by atoms with E-state index in [4.69, 9.17) is 10.6 Å². The predicted molar refractivity (Wildman–Crippen MR) is 72.2 cm³/mol. The molecular formula is C13H13N3O3. The fourth-order valence-electron chi connectivity index (χ4n) is 1.63. The number of nitrogens with zero attached hydrogens (tertiary/aromatic N) is 1. The molecule has 0 aliphatic carbocycles. The van der Waals surface area contributed by atoms with E-state index in [1.165, 1.54) is 12.1 Å². The highest BCUT2D eigenvalue weighted by molar-refractivity contribution is 5.56. The molecule has 2 aromatic carbocycles. The Kier molecular flexibility index (Phi) is 3.63. The second-order valence-corrected chi connectivity index (χ2v) is 3.98. The molecule has 0 atom stereocenters. The Hall–Kier alpha value is -2.60. The number of nitrogens with one attached hydrogen (secondary N) is 1. The molecule has 2 aromatic rings. The van der Waals surface area contributed by atoms with Gasteiger partial charge in [-0.3, -0.25) is 16.0 Å². The van der Waals surface area contributed by atoms with Crippen molar-refractivity contribution in [3.05, 3.63) is 58.1 Å². The average Bonchev–Trinajstić information content (AvgIpc) is 2.41. The molecule has 0 radical (unpaired) electrons. The van der Waals surface area contributed by atoms with Crippen LogP contribution in [-0.4, -0.2) is 4.92 Å². The smallest absolute Gasteiger partial charge is 0.275 e. The number of non-ortho nitro benzene ring substituents is 1. The standard InChI is InChI=1S/C13H13N3O3/c1-9-4-2-3-5-13(9)19-12-7-10(15-14)6-11(8-12)16(17)18/h2-8,15H,14H2,1H3. The number of para-hydroxylation sites is 1. The molecule has 0 bridgehead atoms. The zero-order valence-electron chi connectivity index (χ0n) is 10.3. The van der Waals surface area contributed by atoms with Crippen LogP contribution in [0, 0.1) is 17.0 Å². The topological polar surface area (TPSA) is 90.4 Å². The Morgan fingerprint density at radius 2 is 2.00 bits per heavy atom. The first kappa shape index (κ1) is 12.8. The van der Waals surface area contributed by atoms with Crippen LogP contribution in [0.4, 0.5) is 11.4 Å². The van der Waals surface area contributed by atoms with Crippen LogP contribution in [0.25, 0.3) is 0 Å². The lowest BCUT2D eigenvalue weighted by molar-refractivity contribution is -0.384. The molecule has 6 heteroatoms. The summed E-state index contributed by atoms with van der Waals surface area (Å²) in [5.41, 5.74) is 3.65. The number of nitrogen functional groups attached to an aromatic ring is 1. The van der Waals surface area contributed by atoms with Crippen molar-refractivity contribution in [2.75, 3.05) is 5.43 Å². The highest BCUT2D eigenvalue weighted by atomic mass is 16.6. The molecular weight excluding hydrogens is 246 g/mol. The summed E-state index contributed by atoms with van der Waals surface area (Å²) in [6.07, 6.45) is 0. The first-order valence-electron chi connectivity index (χ1n) is 5.60. The number of rotatable bonds is 4. The first-order valence-corrected chi connectivity index (χ1v) is 5.60. The first-order chi connectivity index (χ1) is 9.10. The van der Waals surface area contributed by atoms with Crippen molar-refractivity contribution < 1.29 is 9.66 Å². The quantitative estimate of drug-likeness (QED) is 0.500. The van der Waals surface area contributed by atoms with Gasteiger partial charge in [0.25, 0.3) is 5.69 Å². The predicted octanol–water partition coefficient (Wildman–Crippen LogP) is 2.98. The van der Waals surface area contributed by atoms with E-state index in [0.717, 1.165) is 5.56 Å². The van der Waals surface area contributed by atoms with E-state index >= 15 is 0 Å². The lowest BCUT2D eigenvalue weighted by atomic mass is 10.2. The van der Waals surface area contributed by atoms with Crippen molar-refractivity contribution in [1.82, 2.24) is 0 Å². The lowest BCUT2D eigenvalue weighted by Crippen LogP contribution is -2.07. The van der Waals surface area contributed by atoms with Crippen LogP contribution in [0.2, 0.25) is 0 Å². The van der Waals surface area contributed by atoms with E-state index in [9.17, 15) is 10.1 Å². The normalized spacial score (nSPS) is 10.0. The van der Waals surface area contributed by atoms with Gasteiger partial charge < -0.3 is 10.2 Å². The van der Waals surface area contributed by atoms with Gasteiger partial charge in [0.15, 0.2) is 0 Å². The van der Waals surface area contributed by atoms with Gasteiger partial charge in [-0.15, -0.1) is 0 Å². The van der Waals surface area contributed by atoms with Gasteiger partial charge in [-0.2, -0.15) is 0 Å². The van der Waals surface area contributed by atoms with Crippen molar-refractivity contribution >= 4 is 11.4 Å². The number of aryl methyl sites for hydroxylation is 1. The summed E-state index contributed by atoms with van der Waals surface area (Å²) in [5.74, 6) is 6.29. The van der Waals surface area contributed by atoms with E-state index in [0.29, 0.717) is 17.2 Å². The molecule has 0 amide bonds. The number of nitro benzene ring substituents is 1. The van der Waals surface area contributed by atoms with Crippen LogP contribution >= 0.6 is 0 Å². The van der Waals surface area contributed by atoms with Gasteiger partial charge in [-0.1, -0.05) is 18.2 Å². The molecule has 98 valence electrons. The van der Waals surface area contributed by atoms with Crippen LogP contribution in [-0.2, 0) is 0 Å². The minimum atomic E-state index is -0.494. The maximum Gasteiger partial charge on any atom is 0.275 e. The van der Waals surface area contributed by atoms with Crippen LogP contribution in [0.5, 0.6) is 11.5 Å². The second kappa shape index (κ2) is 5.36. The van der Waals surface area contributed by atoms with Crippen molar-refractivity contribution in [2.45, 2.75) is 6.92 Å². The van der Waals surface area contributed by atoms with Crippen LogP contribution in [0.1, 0.15) is 5.56 Å². The fraction of sp³-hybridized carbons (Fsp3) is 0.0769. The third-order valence-electron chi connectivity index (χ3n) is 2.59. The molecule has 0 aromatic heterocycles. The molecule has 0 unspecified atom stereocenters. The summed E-state index contributed by atoms with van der Waals surface area (Å²) < 4.78 is 5.64. The number of ether oxygens (including phenoxy) is 1. The summed E-state index contributed by atoms with van der Waals surface area (Å²) in [6.45, 7) is 1.90. The molecule has 3 N–H and O–H groups in total. The Labute approximate surface area is 109 Å². The zero-order chi connectivity index (χ0) is 13.8. The van der Waals surface area contributed by atoms with Crippen LogP contribution in [0.15, 0.2) is 42.5 Å². The number of hydrogen-bond donors (Lipinski definition) is 2. The molecule has 2 rings (SSSR count). The van der Waals surface area contributed by atoms with Gasteiger partial charge in [0.1, 0.15) is 11.5 Å². The van der Waals surface area contributed by atoms with E-state index in [1.54, 1.807) is 12.1 Å². The molecule has 0 saturated carbocycles. The number of hydrogen-bond acceptors (Lipinski definition) is 5. The highest BCUT2D eigenvalue weighted by Crippen LogP contribution is 2.30. The van der Waals surface area contributed by atoms with Crippen LogP contribution < -0.4 is 16.0 Å². The van der Waals surface area contributed by atoms with Crippen molar-refractivity contribution in [2.24, 2.45) is 5.84 Å². The fourth-order valence-corrected chi connectivity index (χ4v) is 1.63. The number of benzene rings is 2. The van der Waals surface area contributed by atoms with Gasteiger partial charge in [-0.05, 0) is 18.6 Å². The summed E-state index contributed by atoms with van der Waals surface area (Å²) in [4.78, 5) is 10.3. The number of nitrogens with two attached hydrogens (primary N) is 1. The Morgan fingerprint density at radius 1 is 1.26 bits per heavy atom. The molecule has 0 aliphatic rings. The summed E-state index contributed by atoms with van der Waals surface area (Å²) in [5, 5.41) is 10.8. The maximum atomic E-state index is 10.8. The summed E-state index contributed by atoms with van der Waals surface area (Å²) >= 11 is 0. The van der Waals surface area contributed by atoms with E-state index < -0.39 is 4.92 Å². The molecule has 0 aliphatic heterocycles. The maximum absolute atomic E-state index is 10.8. The summed E-state index contributed by atoms with van der Waals surface area (Å²) in [6, 6.07) is 11.7. The van der Waals surface area contributed by atoms with Crippen molar-refractivity contribution in [3.8, 4) is 11.5 Å². The van der Waals surface area contributed by atoms with E-state index in [1.807, 2.05) is 25.1 Å². The van der Waals surface area contributed by atoms with Gasteiger partial charge in [0.05, 0.1) is 16.7 Å². The highest BCUT2D eigenvalue weighted by Gasteiger charge is 2.11.